The van der Waals surface area contributed by atoms with Gasteiger partial charge in [-0.05, 0) is 13.3 Å². The molecule has 0 saturated carbocycles. The van der Waals surface area contributed by atoms with Gasteiger partial charge in [-0.2, -0.15) is 0 Å². The Morgan fingerprint density at radius 2 is 2.29 bits per heavy atom. The van der Waals surface area contributed by atoms with E-state index >= 15 is 0 Å². The number of ketones is 1. The van der Waals surface area contributed by atoms with Gasteiger partial charge in [0.25, 0.3) is 0 Å². The summed E-state index contributed by atoms with van der Waals surface area (Å²) in [6.07, 6.45) is 2.51. The molecule has 0 aliphatic carbocycles. The average Bonchev–Trinajstić information content (AvgIpc) is 1.61. The average molecular weight is 99.2 g/mol. The van der Waals surface area contributed by atoms with E-state index in [0.717, 1.165) is 12.8 Å². The summed E-state index contributed by atoms with van der Waals surface area (Å²) in [6, 6.07) is 0. The van der Waals surface area contributed by atoms with Crippen LogP contribution in [0.1, 0.15) is 26.2 Å². The molecule has 0 fully saturated rings. The first-order valence-electron chi connectivity index (χ1n) is 2.56. The number of hydrogen-bond acceptors (Lipinski definition) is 1. The summed E-state index contributed by atoms with van der Waals surface area (Å²) in [4.78, 5) is 10.2. The minimum absolute atomic E-state index is 0.267. The number of rotatable bonds is 3. The molecule has 7 heavy (non-hydrogen) atoms. The lowest BCUT2D eigenvalue weighted by molar-refractivity contribution is -0.117. The lowest BCUT2D eigenvalue weighted by atomic mass is 10.2. The van der Waals surface area contributed by atoms with Crippen molar-refractivity contribution in [3.63, 3.8) is 0 Å². The molecule has 0 aromatic carbocycles. The van der Waals surface area contributed by atoms with Crippen molar-refractivity contribution in [3.05, 3.63) is 6.92 Å². The van der Waals surface area contributed by atoms with Crippen LogP contribution in [0.5, 0.6) is 0 Å². The Kier molecular flexibility index (Phi) is 3.67. The summed E-state index contributed by atoms with van der Waals surface area (Å²) in [6.45, 7) is 5.21. The molecule has 41 valence electrons. The van der Waals surface area contributed by atoms with Gasteiger partial charge < -0.3 is 4.79 Å². The van der Waals surface area contributed by atoms with E-state index in [4.69, 9.17) is 0 Å². The standard InChI is InChI=1S/C6H11O/c1-3-4-5-6(2)7/h1,3-5H2,2H3. The van der Waals surface area contributed by atoms with Crippen molar-refractivity contribution in [1.29, 1.82) is 0 Å². The molecule has 0 atom stereocenters. The van der Waals surface area contributed by atoms with E-state index < -0.39 is 0 Å². The second kappa shape index (κ2) is 3.85. The molecule has 0 N–H and O–H groups in total. The zero-order valence-corrected chi connectivity index (χ0v) is 4.74. The second-order valence-corrected chi connectivity index (χ2v) is 1.66. The quantitative estimate of drug-likeness (QED) is 0.525. The van der Waals surface area contributed by atoms with Crippen LogP contribution >= 0.6 is 0 Å². The molecule has 1 heteroatoms. The lowest BCUT2D eigenvalue weighted by Crippen LogP contribution is -1.86. The molecule has 0 spiro atoms. The van der Waals surface area contributed by atoms with Gasteiger partial charge in [0.15, 0.2) is 0 Å². The number of carbonyl (C=O) groups is 1. The predicted octanol–water partition coefficient (Wildman–Crippen LogP) is 1.58. The third-order valence-corrected chi connectivity index (χ3v) is 0.779. The number of unbranched alkanes of at least 4 members (excludes halogenated alkanes) is 1. The van der Waals surface area contributed by atoms with Gasteiger partial charge in [0.2, 0.25) is 0 Å². The highest BCUT2D eigenvalue weighted by molar-refractivity contribution is 5.75. The third kappa shape index (κ3) is 5.67. The highest BCUT2D eigenvalue weighted by atomic mass is 16.1. The highest BCUT2D eigenvalue weighted by Crippen LogP contribution is 1.92. The van der Waals surface area contributed by atoms with E-state index in [-0.39, 0.29) is 5.78 Å². The van der Waals surface area contributed by atoms with Crippen molar-refractivity contribution in [3.8, 4) is 0 Å². The van der Waals surface area contributed by atoms with Crippen molar-refractivity contribution >= 4 is 5.78 Å². The van der Waals surface area contributed by atoms with Gasteiger partial charge >= 0.3 is 0 Å². The van der Waals surface area contributed by atoms with Crippen LogP contribution in [0, 0.1) is 6.92 Å². The summed E-state index contributed by atoms with van der Waals surface area (Å²) >= 11 is 0. The van der Waals surface area contributed by atoms with Gasteiger partial charge in [0.1, 0.15) is 5.78 Å². The Labute approximate surface area is 44.7 Å². The van der Waals surface area contributed by atoms with Gasteiger partial charge in [-0.1, -0.05) is 13.3 Å². The summed E-state index contributed by atoms with van der Waals surface area (Å²) in [5.41, 5.74) is 0. The molecular formula is C6H11O. The molecule has 0 saturated heterocycles. The van der Waals surface area contributed by atoms with Crippen LogP contribution in [-0.2, 0) is 4.79 Å². The predicted molar refractivity (Wildman–Crippen MR) is 29.9 cm³/mol. The third-order valence-electron chi connectivity index (χ3n) is 0.779. The molecule has 1 radical (unpaired) electrons. The maximum atomic E-state index is 10.2. The molecule has 0 aliphatic rings. The topological polar surface area (TPSA) is 17.1 Å². The minimum Gasteiger partial charge on any atom is -0.300 e. The van der Waals surface area contributed by atoms with Crippen molar-refractivity contribution < 1.29 is 4.79 Å². The Balaban J connectivity index is 2.82. The van der Waals surface area contributed by atoms with Crippen LogP contribution in [0.25, 0.3) is 0 Å². The monoisotopic (exact) mass is 99.1 g/mol. The van der Waals surface area contributed by atoms with Gasteiger partial charge in [-0.15, -0.1) is 0 Å². The number of Topliss-reactive ketones (excluding diaryl/α,β-unsaturated/α-hetero) is 1. The highest BCUT2D eigenvalue weighted by Gasteiger charge is 1.87. The number of carbonyl (C=O) groups excluding carboxylic acids is 1. The van der Waals surface area contributed by atoms with Crippen LogP contribution in [0.3, 0.4) is 0 Å². The van der Waals surface area contributed by atoms with Crippen molar-refractivity contribution in [1.82, 2.24) is 0 Å². The van der Waals surface area contributed by atoms with Crippen LogP contribution < -0.4 is 0 Å². The molecule has 0 bridgehead atoms. The van der Waals surface area contributed by atoms with Crippen molar-refractivity contribution in [2.75, 3.05) is 0 Å². The first kappa shape index (κ1) is 6.67. The van der Waals surface area contributed by atoms with Gasteiger partial charge in [-0.25, -0.2) is 0 Å². The summed E-state index contributed by atoms with van der Waals surface area (Å²) in [5, 5.41) is 0. The fraction of sp³-hybridized carbons (Fsp3) is 0.667. The Hall–Kier alpha value is -0.330. The smallest absolute Gasteiger partial charge is 0.129 e. The molecule has 0 unspecified atom stereocenters. The largest absolute Gasteiger partial charge is 0.300 e. The van der Waals surface area contributed by atoms with Crippen LogP contribution in [0.15, 0.2) is 0 Å². The van der Waals surface area contributed by atoms with Crippen LogP contribution in [-0.4, -0.2) is 5.78 Å². The van der Waals surface area contributed by atoms with E-state index in [0.29, 0.717) is 6.42 Å². The summed E-state index contributed by atoms with van der Waals surface area (Å²) in [7, 11) is 0. The van der Waals surface area contributed by atoms with E-state index in [9.17, 15) is 4.79 Å². The molecule has 1 nitrogen and oxygen atoms in total. The van der Waals surface area contributed by atoms with E-state index in [2.05, 4.69) is 6.92 Å². The van der Waals surface area contributed by atoms with Crippen LogP contribution in [0.2, 0.25) is 0 Å². The van der Waals surface area contributed by atoms with Gasteiger partial charge in [-0.3, -0.25) is 0 Å². The fourth-order valence-corrected chi connectivity index (χ4v) is 0.374. The Bertz CT molecular complexity index is 57.2. The first-order valence-corrected chi connectivity index (χ1v) is 2.56. The SMILES string of the molecule is [CH2]CCCC(C)=O. The summed E-state index contributed by atoms with van der Waals surface area (Å²) < 4.78 is 0. The molecule has 0 aromatic rings. The zero-order valence-electron chi connectivity index (χ0n) is 4.74. The maximum Gasteiger partial charge on any atom is 0.129 e. The Morgan fingerprint density at radius 3 is 2.43 bits per heavy atom. The van der Waals surface area contributed by atoms with E-state index in [1.54, 1.807) is 6.92 Å². The fourth-order valence-electron chi connectivity index (χ4n) is 0.374. The lowest BCUT2D eigenvalue weighted by Gasteiger charge is -1.86. The molecule has 0 aliphatic heterocycles. The maximum absolute atomic E-state index is 10.2. The summed E-state index contributed by atoms with van der Waals surface area (Å²) in [5.74, 6) is 0.267. The van der Waals surface area contributed by atoms with Gasteiger partial charge in [0, 0.05) is 6.42 Å². The van der Waals surface area contributed by atoms with Crippen molar-refractivity contribution in [2.24, 2.45) is 0 Å². The minimum atomic E-state index is 0.267. The van der Waals surface area contributed by atoms with E-state index in [1.165, 1.54) is 0 Å². The molecule has 0 heterocycles. The van der Waals surface area contributed by atoms with Crippen molar-refractivity contribution in [2.45, 2.75) is 26.2 Å². The molecule has 0 rings (SSSR count). The second-order valence-electron chi connectivity index (χ2n) is 1.66. The first-order chi connectivity index (χ1) is 3.27. The molecular weight excluding hydrogens is 88.1 g/mol. The van der Waals surface area contributed by atoms with Gasteiger partial charge in [0.05, 0.1) is 0 Å². The Morgan fingerprint density at radius 1 is 1.71 bits per heavy atom. The normalized spacial score (nSPS) is 8.86. The van der Waals surface area contributed by atoms with Crippen LogP contribution in [0.4, 0.5) is 0 Å². The molecule has 0 aromatic heterocycles. The zero-order chi connectivity index (χ0) is 5.70. The van der Waals surface area contributed by atoms with E-state index in [1.807, 2.05) is 0 Å². The molecule has 0 amide bonds. The number of hydrogen-bond donors (Lipinski definition) is 0.